The average molecular weight is 332 g/mol. The lowest BCUT2D eigenvalue weighted by atomic mass is 9.65. The Balaban J connectivity index is 2.28. The van der Waals surface area contributed by atoms with Crippen molar-refractivity contribution in [3.63, 3.8) is 0 Å². The summed E-state index contributed by atoms with van der Waals surface area (Å²) in [5, 5.41) is 10.9. The number of hydrogen-bond donors (Lipinski definition) is 0. The largest absolute Gasteiger partial charge is 0.481 e. The van der Waals surface area contributed by atoms with E-state index in [1.807, 2.05) is 13.8 Å². The van der Waals surface area contributed by atoms with Gasteiger partial charge in [-0.05, 0) is 18.9 Å². The van der Waals surface area contributed by atoms with Crippen LogP contribution in [0.1, 0.15) is 26.7 Å². The zero-order chi connectivity index (χ0) is 14.2. The predicted molar refractivity (Wildman–Crippen MR) is 73.2 cm³/mol. The molecule has 0 bridgehead atoms. The Morgan fingerprint density at radius 1 is 1.63 bits per heavy atom. The Morgan fingerprint density at radius 3 is 2.84 bits per heavy atom. The van der Waals surface area contributed by atoms with Crippen molar-refractivity contribution in [1.82, 2.24) is 0 Å². The second-order valence-corrected chi connectivity index (χ2v) is 6.12. The van der Waals surface area contributed by atoms with Crippen molar-refractivity contribution in [2.75, 3.05) is 0 Å². The molecule has 1 saturated carbocycles. The minimum atomic E-state index is -0.689. The number of nitrogens with zero attached hydrogens (tertiary/aromatic N) is 1. The molecule has 1 aliphatic carbocycles. The maximum absolute atomic E-state index is 13.7. The molecule has 0 radical (unpaired) electrons. The van der Waals surface area contributed by atoms with Crippen molar-refractivity contribution in [3.05, 3.63) is 34.1 Å². The quantitative estimate of drug-likeness (QED) is 0.474. The minimum Gasteiger partial charge on any atom is -0.481 e. The summed E-state index contributed by atoms with van der Waals surface area (Å²) in [6.07, 6.45) is 1.36. The Morgan fingerprint density at radius 2 is 2.32 bits per heavy atom. The van der Waals surface area contributed by atoms with Crippen LogP contribution in [0.15, 0.2) is 18.2 Å². The molecule has 0 aromatic heterocycles. The molecule has 1 aromatic rings. The summed E-state index contributed by atoms with van der Waals surface area (Å²) < 4.78 is 19.3. The van der Waals surface area contributed by atoms with Crippen LogP contribution < -0.4 is 4.74 Å². The summed E-state index contributed by atoms with van der Waals surface area (Å²) in [4.78, 5) is 10.6. The molecule has 3 atom stereocenters. The van der Waals surface area contributed by atoms with E-state index in [1.165, 1.54) is 18.2 Å². The maximum Gasteiger partial charge on any atom is 0.314 e. The number of para-hydroxylation sites is 1. The van der Waals surface area contributed by atoms with Crippen LogP contribution in [-0.2, 0) is 0 Å². The first kappa shape index (κ1) is 14.2. The third kappa shape index (κ3) is 2.33. The first-order valence-electron chi connectivity index (χ1n) is 6.13. The molecule has 1 aromatic carbocycles. The molecule has 4 nitrogen and oxygen atoms in total. The Bertz CT molecular complexity index is 511. The fourth-order valence-corrected chi connectivity index (χ4v) is 3.26. The summed E-state index contributed by atoms with van der Waals surface area (Å²) in [7, 11) is 0. The molecular weight excluding hydrogens is 317 g/mol. The van der Waals surface area contributed by atoms with Gasteiger partial charge in [0.2, 0.25) is 5.75 Å². The normalized spacial score (nSPS) is 29.7. The number of hydrogen-bond acceptors (Lipinski definition) is 3. The Hall–Kier alpha value is -1.17. The van der Waals surface area contributed by atoms with Crippen LogP contribution in [0.25, 0.3) is 0 Å². The van der Waals surface area contributed by atoms with Gasteiger partial charge in [-0.3, -0.25) is 10.1 Å². The number of rotatable bonds is 4. The number of nitro benzene ring substituents is 1. The SMILES string of the molecule is CCC1(C)C(Br)CC1Oc1c(F)cccc1[N+](=O)[O-]. The molecule has 0 amide bonds. The molecule has 2 rings (SSSR count). The van der Waals surface area contributed by atoms with Gasteiger partial charge >= 0.3 is 5.69 Å². The molecule has 104 valence electrons. The molecule has 3 unspecified atom stereocenters. The van der Waals surface area contributed by atoms with Crippen molar-refractivity contribution in [3.8, 4) is 5.75 Å². The second-order valence-electron chi connectivity index (χ2n) is 5.01. The average Bonchev–Trinajstić information content (AvgIpc) is 2.38. The van der Waals surface area contributed by atoms with Gasteiger partial charge in [-0.15, -0.1) is 0 Å². The molecule has 0 aliphatic heterocycles. The van der Waals surface area contributed by atoms with E-state index >= 15 is 0 Å². The van der Waals surface area contributed by atoms with Crippen LogP contribution in [0.2, 0.25) is 0 Å². The maximum atomic E-state index is 13.7. The zero-order valence-electron chi connectivity index (χ0n) is 10.7. The topological polar surface area (TPSA) is 52.4 Å². The number of alkyl halides is 1. The molecule has 19 heavy (non-hydrogen) atoms. The molecule has 1 aliphatic rings. The molecular formula is C13H15BrFNO3. The van der Waals surface area contributed by atoms with Crippen LogP contribution in [0.5, 0.6) is 5.75 Å². The van der Waals surface area contributed by atoms with Crippen molar-refractivity contribution in [1.29, 1.82) is 0 Å². The number of halogens is 2. The minimum absolute atomic E-state index is 0.129. The van der Waals surface area contributed by atoms with Crippen molar-refractivity contribution >= 4 is 21.6 Å². The van der Waals surface area contributed by atoms with Gasteiger partial charge in [0.15, 0.2) is 5.82 Å². The summed E-state index contributed by atoms with van der Waals surface area (Å²) >= 11 is 3.56. The van der Waals surface area contributed by atoms with Crippen molar-refractivity contribution in [2.45, 2.75) is 37.6 Å². The number of nitro groups is 1. The molecule has 0 saturated heterocycles. The lowest BCUT2D eigenvalue weighted by Gasteiger charge is -2.50. The van der Waals surface area contributed by atoms with E-state index in [9.17, 15) is 14.5 Å². The van der Waals surface area contributed by atoms with Gasteiger partial charge in [-0.2, -0.15) is 0 Å². The van der Waals surface area contributed by atoms with Gasteiger partial charge < -0.3 is 4.74 Å². The van der Waals surface area contributed by atoms with Crippen LogP contribution in [0, 0.1) is 21.3 Å². The summed E-state index contributed by atoms with van der Waals surface area (Å²) in [6.45, 7) is 4.06. The van der Waals surface area contributed by atoms with Crippen LogP contribution >= 0.6 is 15.9 Å². The Kier molecular flexibility index (Phi) is 3.80. The highest BCUT2D eigenvalue weighted by atomic mass is 79.9. The van der Waals surface area contributed by atoms with Gasteiger partial charge in [0, 0.05) is 16.3 Å². The number of ether oxygens (including phenoxy) is 1. The molecule has 1 fully saturated rings. The zero-order valence-corrected chi connectivity index (χ0v) is 12.3. The van der Waals surface area contributed by atoms with Gasteiger partial charge in [-0.25, -0.2) is 4.39 Å². The van der Waals surface area contributed by atoms with E-state index < -0.39 is 10.7 Å². The van der Waals surface area contributed by atoms with E-state index in [4.69, 9.17) is 4.74 Å². The smallest absolute Gasteiger partial charge is 0.314 e. The van der Waals surface area contributed by atoms with Gasteiger partial charge in [0.05, 0.1) is 4.92 Å². The fourth-order valence-electron chi connectivity index (χ4n) is 2.30. The monoisotopic (exact) mass is 331 g/mol. The van der Waals surface area contributed by atoms with Gasteiger partial charge in [0.1, 0.15) is 6.10 Å². The van der Waals surface area contributed by atoms with Crippen LogP contribution in [-0.4, -0.2) is 15.9 Å². The van der Waals surface area contributed by atoms with E-state index in [0.717, 1.165) is 12.8 Å². The lowest BCUT2D eigenvalue weighted by Crippen LogP contribution is -2.54. The second kappa shape index (κ2) is 5.07. The summed E-state index contributed by atoms with van der Waals surface area (Å²) in [6, 6.07) is 3.75. The molecule has 0 spiro atoms. The van der Waals surface area contributed by atoms with Gasteiger partial charge in [-0.1, -0.05) is 35.8 Å². The fraction of sp³-hybridized carbons (Fsp3) is 0.538. The third-order valence-electron chi connectivity index (χ3n) is 4.04. The summed E-state index contributed by atoms with van der Waals surface area (Å²) in [5.74, 6) is -0.942. The standard InChI is InChI=1S/C13H15BrFNO3/c1-3-13(2)10(14)7-11(13)19-12-8(15)5-4-6-9(12)16(17)18/h4-6,10-11H,3,7H2,1-2H3. The highest BCUT2D eigenvalue weighted by Gasteiger charge is 2.51. The van der Waals surface area contributed by atoms with E-state index in [0.29, 0.717) is 4.83 Å². The predicted octanol–water partition coefficient (Wildman–Crippen LogP) is 4.06. The van der Waals surface area contributed by atoms with E-state index in [1.54, 1.807) is 0 Å². The van der Waals surface area contributed by atoms with Gasteiger partial charge in [0.25, 0.3) is 0 Å². The van der Waals surface area contributed by atoms with Crippen LogP contribution in [0.4, 0.5) is 10.1 Å². The third-order valence-corrected chi connectivity index (χ3v) is 5.46. The molecule has 0 heterocycles. The number of benzene rings is 1. The van der Waals surface area contributed by atoms with E-state index in [2.05, 4.69) is 15.9 Å². The van der Waals surface area contributed by atoms with E-state index in [-0.39, 0.29) is 23.0 Å². The highest BCUT2D eigenvalue weighted by Crippen LogP contribution is 2.51. The lowest BCUT2D eigenvalue weighted by molar-refractivity contribution is -0.386. The molecule has 6 heteroatoms. The highest BCUT2D eigenvalue weighted by molar-refractivity contribution is 9.09. The Labute approximate surface area is 119 Å². The van der Waals surface area contributed by atoms with Crippen molar-refractivity contribution < 1.29 is 14.1 Å². The first-order chi connectivity index (χ1) is 8.90. The summed E-state index contributed by atoms with van der Waals surface area (Å²) in [5.41, 5.74) is -0.452. The van der Waals surface area contributed by atoms with Crippen molar-refractivity contribution in [2.24, 2.45) is 5.41 Å². The first-order valence-corrected chi connectivity index (χ1v) is 7.05. The van der Waals surface area contributed by atoms with Crippen LogP contribution in [0.3, 0.4) is 0 Å². The molecule has 0 N–H and O–H groups in total.